The minimum atomic E-state index is -0.718. The predicted octanol–water partition coefficient (Wildman–Crippen LogP) is 3.44. The molecule has 0 radical (unpaired) electrons. The van der Waals surface area contributed by atoms with Gasteiger partial charge in [-0.2, -0.15) is 0 Å². The Balaban J connectivity index is 0.902. The first-order valence-corrected chi connectivity index (χ1v) is 20.1. The van der Waals surface area contributed by atoms with Gasteiger partial charge in [-0.3, -0.25) is 14.4 Å². The zero-order valence-corrected chi connectivity index (χ0v) is 33.6. The second-order valence-electron chi connectivity index (χ2n) is 16.4. The Hall–Kier alpha value is -5.15. The summed E-state index contributed by atoms with van der Waals surface area (Å²) >= 11 is 0. The van der Waals surface area contributed by atoms with E-state index in [0.29, 0.717) is 43.1 Å². The minimum absolute atomic E-state index is 0.0235. The van der Waals surface area contributed by atoms with Crippen molar-refractivity contribution in [1.82, 2.24) is 25.3 Å². The summed E-state index contributed by atoms with van der Waals surface area (Å²) in [5.41, 5.74) is 8.89. The number of piperazine rings is 1. The van der Waals surface area contributed by atoms with Crippen LogP contribution in [0, 0.1) is 5.41 Å². The number of nitrogens with two attached hydrogens (primary N) is 1. The third-order valence-electron chi connectivity index (χ3n) is 11.0. The van der Waals surface area contributed by atoms with Gasteiger partial charge in [-0.25, -0.2) is 0 Å². The number of benzene rings is 2. The molecule has 0 saturated carbocycles. The number of nitrogens with zero attached hydrogens (tertiary/aromatic N) is 6. The molecule has 0 bridgehead atoms. The Morgan fingerprint density at radius 1 is 0.930 bits per heavy atom. The number of phenolic OH excluding ortho intramolecular Hbond substituents is 1. The number of aliphatic hydroxyl groups is 1. The highest BCUT2D eigenvalue weighted by Crippen LogP contribution is 2.33. The van der Waals surface area contributed by atoms with E-state index in [-0.39, 0.29) is 74.0 Å². The van der Waals surface area contributed by atoms with E-state index in [4.69, 9.17) is 15.2 Å². The summed E-state index contributed by atoms with van der Waals surface area (Å²) in [6, 6.07) is 16.4. The number of ether oxygens (including phenoxy) is 2. The van der Waals surface area contributed by atoms with E-state index >= 15 is 0 Å². The average Bonchev–Trinajstić information content (AvgIpc) is 3.54. The van der Waals surface area contributed by atoms with Crippen molar-refractivity contribution in [2.75, 3.05) is 74.6 Å². The number of β-amino-alcohol motifs (C(OH)–C–C–N with tert-alkyl or cyclic N) is 1. The molecule has 4 atom stereocenters. The number of aromatic nitrogens is 2. The topological polar surface area (TPSA) is 187 Å². The van der Waals surface area contributed by atoms with Gasteiger partial charge in [0.15, 0.2) is 11.6 Å². The molecule has 3 amide bonds. The number of rotatable bonds is 13. The molecule has 3 aliphatic rings. The van der Waals surface area contributed by atoms with Gasteiger partial charge >= 0.3 is 0 Å². The highest BCUT2D eigenvalue weighted by molar-refractivity contribution is 5.88. The van der Waals surface area contributed by atoms with Crippen LogP contribution in [-0.4, -0.2) is 131 Å². The Kier molecular flexibility index (Phi) is 13.4. The Morgan fingerprint density at radius 3 is 2.28 bits per heavy atom. The summed E-state index contributed by atoms with van der Waals surface area (Å²) in [6.45, 7) is 12.5. The van der Waals surface area contributed by atoms with Crippen molar-refractivity contribution in [3.63, 3.8) is 0 Å². The van der Waals surface area contributed by atoms with Gasteiger partial charge in [-0.05, 0) is 68.0 Å². The maximum atomic E-state index is 13.3. The fraction of sp³-hybridized carbons (Fsp3) is 0.548. The van der Waals surface area contributed by atoms with Crippen molar-refractivity contribution in [2.45, 2.75) is 84.1 Å². The number of aromatic hydroxyl groups is 1. The first-order valence-electron chi connectivity index (χ1n) is 20.1. The van der Waals surface area contributed by atoms with E-state index in [2.05, 4.69) is 49.6 Å². The van der Waals surface area contributed by atoms with Gasteiger partial charge < -0.3 is 50.3 Å². The van der Waals surface area contributed by atoms with Crippen molar-refractivity contribution >= 4 is 34.9 Å². The molecular weight excluding hydrogens is 729 g/mol. The van der Waals surface area contributed by atoms with Gasteiger partial charge in [0.05, 0.1) is 32.3 Å². The van der Waals surface area contributed by atoms with Crippen LogP contribution in [0.2, 0.25) is 0 Å². The van der Waals surface area contributed by atoms with Crippen LogP contribution in [0.25, 0.3) is 11.3 Å². The van der Waals surface area contributed by atoms with Crippen molar-refractivity contribution < 1.29 is 34.1 Å². The number of hydrogen-bond acceptors (Lipinski definition) is 12. The molecule has 3 aromatic rings. The molecule has 15 heteroatoms. The predicted molar refractivity (Wildman–Crippen MR) is 218 cm³/mol. The Bertz CT molecular complexity index is 1850. The van der Waals surface area contributed by atoms with Crippen LogP contribution in [0.4, 0.5) is 17.2 Å². The minimum Gasteiger partial charge on any atom is -0.507 e. The van der Waals surface area contributed by atoms with E-state index in [0.717, 1.165) is 43.9 Å². The van der Waals surface area contributed by atoms with Crippen LogP contribution in [0.3, 0.4) is 0 Å². The molecule has 3 fully saturated rings. The quantitative estimate of drug-likeness (QED) is 0.185. The maximum absolute atomic E-state index is 13.3. The Labute approximate surface area is 335 Å². The molecular formula is C42H58N8O7. The molecule has 0 spiro atoms. The number of nitrogen functional groups attached to an aromatic ring is 1. The van der Waals surface area contributed by atoms with E-state index < -0.39 is 17.6 Å². The number of hydrogen-bond donors (Lipinski definition) is 4. The standard InChI is InChI=1S/C42H58N8O7/c1-28-24-31(51)26-50(28)41(55)39(42(2,3)4)44-37(53)15-22-56-23-16-38(54)48-20-18-47(19-21-48)29-11-13-30(14-12-29)49-17-7-8-32(27-49)57-36-25-34(45-46-40(36)43)33-9-5-6-10-35(33)52/h5-6,9-14,25,28,31-32,39,51-52H,7-8,15-24,26-27H2,1-4H3,(H2,43,46)(H,44,53)/t28-,31-,32?,39-/m1/s1. The lowest BCUT2D eigenvalue weighted by atomic mass is 9.85. The molecule has 1 unspecified atom stereocenters. The SMILES string of the molecule is C[C@@H]1C[C@@H](O)CN1C(=O)[C@@H](NC(=O)CCOCCC(=O)N1CCN(c2ccc(N3CCCC(Oc4cc(-c5ccccc5O)nnc4N)C3)cc2)CC1)C(C)(C)C. The zero-order chi connectivity index (χ0) is 40.7. The first kappa shape index (κ1) is 41.5. The fourth-order valence-electron chi connectivity index (χ4n) is 7.78. The molecule has 5 N–H and O–H groups in total. The molecule has 308 valence electrons. The van der Waals surface area contributed by atoms with Crippen molar-refractivity contribution in [2.24, 2.45) is 5.41 Å². The number of para-hydroxylation sites is 1. The third kappa shape index (κ3) is 10.6. The second kappa shape index (κ2) is 18.4. The van der Waals surface area contributed by atoms with Crippen molar-refractivity contribution in [1.29, 1.82) is 0 Å². The maximum Gasteiger partial charge on any atom is 0.246 e. The number of anilines is 3. The molecule has 3 aliphatic heterocycles. The lowest BCUT2D eigenvalue weighted by Gasteiger charge is -2.37. The number of aliphatic hydroxyl groups excluding tert-OH is 1. The van der Waals surface area contributed by atoms with Crippen molar-refractivity contribution in [3.8, 4) is 22.8 Å². The number of phenols is 1. The van der Waals surface area contributed by atoms with Gasteiger partial charge in [0.1, 0.15) is 23.6 Å². The smallest absolute Gasteiger partial charge is 0.246 e. The van der Waals surface area contributed by atoms with Gasteiger partial charge in [-0.15, -0.1) is 10.2 Å². The first-order chi connectivity index (χ1) is 27.3. The van der Waals surface area contributed by atoms with E-state index in [1.54, 1.807) is 29.2 Å². The molecule has 0 aliphatic carbocycles. The molecule has 2 aromatic carbocycles. The van der Waals surface area contributed by atoms with Gasteiger partial charge in [-0.1, -0.05) is 32.9 Å². The molecule has 3 saturated heterocycles. The lowest BCUT2D eigenvalue weighted by molar-refractivity contribution is -0.140. The third-order valence-corrected chi connectivity index (χ3v) is 11.0. The normalized spacial score (nSPS) is 20.7. The second-order valence-corrected chi connectivity index (χ2v) is 16.4. The van der Waals surface area contributed by atoms with E-state index in [1.165, 1.54) is 0 Å². The number of carbonyl (C=O) groups is 3. The number of nitrogens with one attached hydrogen (secondary N) is 1. The van der Waals surface area contributed by atoms with Crippen LogP contribution in [0.1, 0.15) is 59.8 Å². The summed E-state index contributed by atoms with van der Waals surface area (Å²) in [7, 11) is 0. The summed E-state index contributed by atoms with van der Waals surface area (Å²) in [6.07, 6.45) is 2.03. The molecule has 57 heavy (non-hydrogen) atoms. The molecule has 6 rings (SSSR count). The number of amides is 3. The van der Waals surface area contributed by atoms with Crippen LogP contribution >= 0.6 is 0 Å². The number of likely N-dealkylation sites (tertiary alicyclic amines) is 1. The lowest BCUT2D eigenvalue weighted by Crippen LogP contribution is -2.55. The highest BCUT2D eigenvalue weighted by Gasteiger charge is 2.40. The monoisotopic (exact) mass is 786 g/mol. The summed E-state index contributed by atoms with van der Waals surface area (Å²) < 4.78 is 12.0. The van der Waals surface area contributed by atoms with Crippen LogP contribution in [0.5, 0.6) is 11.5 Å². The van der Waals surface area contributed by atoms with E-state index in [1.807, 2.05) is 38.7 Å². The highest BCUT2D eigenvalue weighted by atomic mass is 16.5. The summed E-state index contributed by atoms with van der Waals surface area (Å²) in [5, 5.41) is 31.4. The van der Waals surface area contributed by atoms with Gasteiger partial charge in [0, 0.05) is 74.7 Å². The molecule has 4 heterocycles. The molecule has 1 aromatic heterocycles. The van der Waals surface area contributed by atoms with Crippen molar-refractivity contribution in [3.05, 3.63) is 54.6 Å². The number of carbonyl (C=O) groups excluding carboxylic acids is 3. The largest absolute Gasteiger partial charge is 0.507 e. The zero-order valence-electron chi connectivity index (χ0n) is 33.6. The number of piperidine rings is 1. The summed E-state index contributed by atoms with van der Waals surface area (Å²) in [5.74, 6) is 0.322. The van der Waals surface area contributed by atoms with Crippen LogP contribution < -0.4 is 25.6 Å². The van der Waals surface area contributed by atoms with Gasteiger partial charge in [0.2, 0.25) is 17.7 Å². The van der Waals surface area contributed by atoms with Gasteiger partial charge in [0.25, 0.3) is 0 Å². The van der Waals surface area contributed by atoms with Crippen LogP contribution in [-0.2, 0) is 19.1 Å². The average molecular weight is 787 g/mol. The van der Waals surface area contributed by atoms with Crippen LogP contribution in [0.15, 0.2) is 54.6 Å². The fourth-order valence-corrected chi connectivity index (χ4v) is 7.78. The summed E-state index contributed by atoms with van der Waals surface area (Å²) in [4.78, 5) is 47.1. The Morgan fingerprint density at radius 2 is 1.61 bits per heavy atom. The molecule has 15 nitrogen and oxygen atoms in total. The van der Waals surface area contributed by atoms with E-state index in [9.17, 15) is 24.6 Å².